The maximum absolute atomic E-state index is 12.2. The Morgan fingerprint density at radius 1 is 1.43 bits per heavy atom. The molecule has 1 atom stereocenters. The van der Waals surface area contributed by atoms with E-state index in [2.05, 4.69) is 16.2 Å². The zero-order valence-corrected chi connectivity index (χ0v) is 14.2. The quantitative estimate of drug-likeness (QED) is 0.665. The SMILES string of the molecule is C=C(C)C(=CC=CC)C(CC)NS(=O)(=O)CCN1CCC1. The van der Waals surface area contributed by atoms with Gasteiger partial charge in [-0.15, -0.1) is 0 Å². The summed E-state index contributed by atoms with van der Waals surface area (Å²) in [6, 6.07) is -0.208. The highest BCUT2D eigenvalue weighted by molar-refractivity contribution is 7.89. The molecule has 1 N–H and O–H groups in total. The van der Waals surface area contributed by atoms with Gasteiger partial charge in [-0.1, -0.05) is 37.3 Å². The molecular formula is C16H28N2O2S. The summed E-state index contributed by atoms with van der Waals surface area (Å²) in [6.45, 7) is 12.4. The molecule has 0 aromatic heterocycles. The lowest BCUT2D eigenvalue weighted by molar-refractivity contribution is 0.193. The van der Waals surface area contributed by atoms with E-state index in [1.165, 1.54) is 6.42 Å². The first kappa shape index (κ1) is 18.1. The summed E-state index contributed by atoms with van der Waals surface area (Å²) >= 11 is 0. The first-order valence-corrected chi connectivity index (χ1v) is 9.26. The second-order valence-corrected chi connectivity index (χ2v) is 7.39. The van der Waals surface area contributed by atoms with E-state index in [9.17, 15) is 8.42 Å². The number of likely N-dealkylation sites (tertiary alicyclic amines) is 1. The predicted octanol–water partition coefficient (Wildman–Crippen LogP) is 2.47. The van der Waals surface area contributed by atoms with Crippen molar-refractivity contribution < 1.29 is 8.42 Å². The van der Waals surface area contributed by atoms with Gasteiger partial charge in [-0.2, -0.15) is 0 Å². The smallest absolute Gasteiger partial charge is 0.213 e. The van der Waals surface area contributed by atoms with E-state index in [1.54, 1.807) is 0 Å². The Kier molecular flexibility index (Phi) is 7.35. The number of nitrogens with one attached hydrogen (secondary N) is 1. The van der Waals surface area contributed by atoms with Crippen LogP contribution >= 0.6 is 0 Å². The monoisotopic (exact) mass is 312 g/mol. The van der Waals surface area contributed by atoms with Crippen LogP contribution in [0.15, 0.2) is 36.0 Å². The first-order valence-electron chi connectivity index (χ1n) is 7.60. The Balaban J connectivity index is 2.71. The Morgan fingerprint density at radius 2 is 2.10 bits per heavy atom. The molecule has 4 nitrogen and oxygen atoms in total. The molecule has 1 saturated heterocycles. The van der Waals surface area contributed by atoms with Crippen LogP contribution in [0.25, 0.3) is 0 Å². The summed E-state index contributed by atoms with van der Waals surface area (Å²) in [7, 11) is -3.27. The topological polar surface area (TPSA) is 49.4 Å². The molecule has 0 radical (unpaired) electrons. The van der Waals surface area contributed by atoms with Gasteiger partial charge in [0, 0.05) is 12.6 Å². The standard InChI is InChI=1S/C16H28N2O2S/c1-5-7-9-15(14(3)4)16(6-2)17-21(19,20)13-12-18-10-8-11-18/h5,7,9,16-17H,3,6,8,10-13H2,1-2,4H3. The van der Waals surface area contributed by atoms with Gasteiger partial charge in [-0.05, 0) is 45.4 Å². The highest BCUT2D eigenvalue weighted by Gasteiger charge is 2.22. The van der Waals surface area contributed by atoms with E-state index in [-0.39, 0.29) is 11.8 Å². The fourth-order valence-corrected chi connectivity index (χ4v) is 3.60. The summed E-state index contributed by atoms with van der Waals surface area (Å²) in [6.07, 6.45) is 7.67. The Hall–Kier alpha value is -0.910. The summed E-state index contributed by atoms with van der Waals surface area (Å²) in [5.41, 5.74) is 1.84. The minimum atomic E-state index is -3.27. The van der Waals surface area contributed by atoms with Crippen molar-refractivity contribution in [3.8, 4) is 0 Å². The molecule has 1 heterocycles. The molecule has 0 aromatic carbocycles. The van der Waals surface area contributed by atoms with Gasteiger partial charge in [0.1, 0.15) is 0 Å². The van der Waals surface area contributed by atoms with Gasteiger partial charge in [0.15, 0.2) is 0 Å². The number of hydrogen-bond donors (Lipinski definition) is 1. The fourth-order valence-electron chi connectivity index (χ4n) is 2.25. The lowest BCUT2D eigenvalue weighted by Gasteiger charge is -2.30. The summed E-state index contributed by atoms with van der Waals surface area (Å²) < 4.78 is 27.3. The molecule has 0 spiro atoms. The van der Waals surface area contributed by atoms with Crippen LogP contribution in [0, 0.1) is 0 Å². The highest BCUT2D eigenvalue weighted by Crippen LogP contribution is 2.16. The van der Waals surface area contributed by atoms with E-state index in [4.69, 9.17) is 0 Å². The lowest BCUT2D eigenvalue weighted by Crippen LogP contribution is -2.44. The summed E-state index contributed by atoms with van der Waals surface area (Å²) in [5.74, 6) is 0.163. The third-order valence-electron chi connectivity index (χ3n) is 3.69. The first-order chi connectivity index (χ1) is 9.89. The molecule has 0 aliphatic carbocycles. The average Bonchev–Trinajstić information content (AvgIpc) is 2.35. The van der Waals surface area contributed by atoms with Crippen molar-refractivity contribution in [1.29, 1.82) is 0 Å². The van der Waals surface area contributed by atoms with E-state index >= 15 is 0 Å². The zero-order chi connectivity index (χ0) is 15.9. The number of allylic oxidation sites excluding steroid dienone is 3. The van der Waals surface area contributed by atoms with Crippen molar-refractivity contribution in [2.45, 2.75) is 39.7 Å². The number of nitrogens with zero attached hydrogens (tertiary/aromatic N) is 1. The molecule has 0 bridgehead atoms. The Bertz CT molecular complexity index is 502. The number of sulfonamides is 1. The molecule has 120 valence electrons. The summed E-state index contributed by atoms with van der Waals surface area (Å²) in [4.78, 5) is 2.16. The van der Waals surface area contributed by atoms with Crippen LogP contribution in [-0.2, 0) is 10.0 Å². The van der Waals surface area contributed by atoms with Crippen LogP contribution < -0.4 is 4.72 Å². The van der Waals surface area contributed by atoms with Crippen LogP contribution in [0.5, 0.6) is 0 Å². The van der Waals surface area contributed by atoms with Crippen molar-refractivity contribution in [2.75, 3.05) is 25.4 Å². The Morgan fingerprint density at radius 3 is 2.52 bits per heavy atom. The number of rotatable bonds is 9. The molecule has 1 fully saturated rings. The largest absolute Gasteiger partial charge is 0.302 e. The minimum Gasteiger partial charge on any atom is -0.302 e. The number of hydrogen-bond acceptors (Lipinski definition) is 3. The van der Waals surface area contributed by atoms with E-state index in [0.717, 1.165) is 24.2 Å². The molecule has 0 aromatic rings. The molecule has 1 aliphatic rings. The van der Waals surface area contributed by atoms with Crippen molar-refractivity contribution in [3.63, 3.8) is 0 Å². The van der Waals surface area contributed by atoms with Crippen LogP contribution in [0.2, 0.25) is 0 Å². The zero-order valence-electron chi connectivity index (χ0n) is 13.4. The van der Waals surface area contributed by atoms with Gasteiger partial charge in [0.25, 0.3) is 0 Å². The molecule has 5 heteroatoms. The van der Waals surface area contributed by atoms with Crippen molar-refractivity contribution in [3.05, 3.63) is 36.0 Å². The predicted molar refractivity (Wildman–Crippen MR) is 89.8 cm³/mol. The maximum atomic E-state index is 12.2. The Labute approximate surface area is 129 Å². The van der Waals surface area contributed by atoms with Gasteiger partial charge < -0.3 is 4.90 Å². The van der Waals surface area contributed by atoms with Gasteiger partial charge >= 0.3 is 0 Å². The van der Waals surface area contributed by atoms with E-state index in [1.807, 2.05) is 39.0 Å². The van der Waals surface area contributed by atoms with Gasteiger partial charge in [-0.3, -0.25) is 0 Å². The van der Waals surface area contributed by atoms with Crippen LogP contribution in [0.4, 0.5) is 0 Å². The lowest BCUT2D eigenvalue weighted by atomic mass is 9.99. The van der Waals surface area contributed by atoms with Crippen molar-refractivity contribution in [2.24, 2.45) is 0 Å². The van der Waals surface area contributed by atoms with Crippen LogP contribution in [-0.4, -0.2) is 44.7 Å². The summed E-state index contributed by atoms with van der Waals surface area (Å²) in [5, 5.41) is 0. The van der Waals surface area contributed by atoms with E-state index < -0.39 is 10.0 Å². The molecule has 21 heavy (non-hydrogen) atoms. The second kappa shape index (κ2) is 8.51. The molecular weight excluding hydrogens is 284 g/mol. The molecule has 1 aliphatic heterocycles. The average molecular weight is 312 g/mol. The molecule has 1 unspecified atom stereocenters. The van der Waals surface area contributed by atoms with E-state index in [0.29, 0.717) is 13.0 Å². The second-order valence-electron chi connectivity index (χ2n) is 5.52. The third-order valence-corrected chi connectivity index (χ3v) is 5.06. The van der Waals surface area contributed by atoms with Crippen molar-refractivity contribution >= 4 is 10.0 Å². The minimum absolute atomic E-state index is 0.163. The van der Waals surface area contributed by atoms with Crippen LogP contribution in [0.1, 0.15) is 33.6 Å². The highest BCUT2D eigenvalue weighted by atomic mass is 32.2. The molecule has 0 amide bonds. The maximum Gasteiger partial charge on any atom is 0.213 e. The molecule has 1 rings (SSSR count). The van der Waals surface area contributed by atoms with Gasteiger partial charge in [-0.25, -0.2) is 13.1 Å². The molecule has 0 saturated carbocycles. The van der Waals surface area contributed by atoms with Gasteiger partial charge in [0.2, 0.25) is 10.0 Å². The van der Waals surface area contributed by atoms with Crippen LogP contribution in [0.3, 0.4) is 0 Å². The third kappa shape index (κ3) is 6.16. The van der Waals surface area contributed by atoms with Gasteiger partial charge in [0.05, 0.1) is 5.75 Å². The van der Waals surface area contributed by atoms with Crippen molar-refractivity contribution in [1.82, 2.24) is 9.62 Å². The normalized spacial score (nSPS) is 18.7. The fraction of sp³-hybridized carbons (Fsp3) is 0.625.